The molecule has 1 aromatic carbocycles. The summed E-state index contributed by atoms with van der Waals surface area (Å²) in [5.74, 6) is 1.71. The zero-order chi connectivity index (χ0) is 15.9. The third-order valence-electron chi connectivity index (χ3n) is 4.14. The number of piperidine rings is 1. The summed E-state index contributed by atoms with van der Waals surface area (Å²) in [7, 11) is 0. The molecule has 0 spiro atoms. The van der Waals surface area contributed by atoms with E-state index in [1.165, 1.54) is 12.8 Å². The van der Waals surface area contributed by atoms with E-state index in [0.717, 1.165) is 36.5 Å². The third kappa shape index (κ3) is 6.40. The molecule has 2 rings (SSSR count). The third-order valence-corrected chi connectivity index (χ3v) is 4.14. The molecule has 1 fully saturated rings. The number of benzene rings is 1. The van der Waals surface area contributed by atoms with Crippen molar-refractivity contribution in [3.05, 3.63) is 29.3 Å². The van der Waals surface area contributed by atoms with Gasteiger partial charge in [-0.25, -0.2) is 0 Å². The highest BCUT2D eigenvalue weighted by molar-refractivity contribution is 5.85. The van der Waals surface area contributed by atoms with Crippen LogP contribution in [0.1, 0.15) is 43.7 Å². The molecule has 1 aliphatic heterocycles. The topological polar surface area (TPSA) is 50.4 Å². The predicted molar refractivity (Wildman–Crippen MR) is 96.6 cm³/mol. The molecule has 4 nitrogen and oxygen atoms in total. The van der Waals surface area contributed by atoms with Crippen molar-refractivity contribution in [2.75, 3.05) is 26.2 Å². The number of amides is 1. The van der Waals surface area contributed by atoms with Gasteiger partial charge >= 0.3 is 0 Å². The second kappa shape index (κ2) is 9.78. The van der Waals surface area contributed by atoms with Gasteiger partial charge in [-0.05, 0) is 61.9 Å². The fraction of sp³-hybridized carbons (Fsp3) is 0.611. The van der Waals surface area contributed by atoms with Gasteiger partial charge in [0, 0.05) is 6.54 Å². The zero-order valence-corrected chi connectivity index (χ0v) is 15.2. The van der Waals surface area contributed by atoms with E-state index >= 15 is 0 Å². The molecule has 1 atom stereocenters. The first-order valence-corrected chi connectivity index (χ1v) is 8.27. The van der Waals surface area contributed by atoms with Gasteiger partial charge in [-0.2, -0.15) is 0 Å². The molecule has 0 bridgehead atoms. The standard InChI is InChI=1S/C18H28N2O2.ClH/c1-13(2)16-7-6-14(3)9-17(16)22-12-18(21)20-11-15-5-4-8-19-10-15;/h6-7,9,13,15,19H,4-5,8,10-12H2,1-3H3,(H,20,21);1H. The summed E-state index contributed by atoms with van der Waals surface area (Å²) in [5, 5.41) is 6.34. The summed E-state index contributed by atoms with van der Waals surface area (Å²) >= 11 is 0. The molecule has 23 heavy (non-hydrogen) atoms. The molecule has 5 heteroatoms. The first kappa shape index (κ1) is 19.8. The van der Waals surface area contributed by atoms with E-state index in [-0.39, 0.29) is 24.9 Å². The smallest absolute Gasteiger partial charge is 0.257 e. The van der Waals surface area contributed by atoms with E-state index in [0.29, 0.717) is 11.8 Å². The monoisotopic (exact) mass is 340 g/mol. The summed E-state index contributed by atoms with van der Waals surface area (Å²) in [5.41, 5.74) is 2.29. The molecule has 0 saturated carbocycles. The number of halogens is 1. The van der Waals surface area contributed by atoms with Gasteiger partial charge < -0.3 is 15.4 Å². The van der Waals surface area contributed by atoms with Crippen LogP contribution in [0.4, 0.5) is 0 Å². The van der Waals surface area contributed by atoms with Crippen molar-refractivity contribution in [3.8, 4) is 5.75 Å². The maximum absolute atomic E-state index is 12.0. The van der Waals surface area contributed by atoms with Crippen LogP contribution in [0.25, 0.3) is 0 Å². The Bertz CT molecular complexity index is 500. The average Bonchev–Trinajstić information content (AvgIpc) is 2.51. The second-order valence-electron chi connectivity index (χ2n) is 6.50. The minimum Gasteiger partial charge on any atom is -0.483 e. The molecule has 1 aromatic rings. The van der Waals surface area contributed by atoms with Crippen molar-refractivity contribution in [2.45, 2.75) is 39.5 Å². The number of hydrogen-bond acceptors (Lipinski definition) is 3. The van der Waals surface area contributed by atoms with Crippen LogP contribution in [0.2, 0.25) is 0 Å². The predicted octanol–water partition coefficient (Wildman–Crippen LogP) is 3.03. The van der Waals surface area contributed by atoms with E-state index in [1.54, 1.807) is 0 Å². The van der Waals surface area contributed by atoms with Gasteiger partial charge in [-0.3, -0.25) is 4.79 Å². The number of nitrogens with one attached hydrogen (secondary N) is 2. The Hall–Kier alpha value is -1.26. The highest BCUT2D eigenvalue weighted by atomic mass is 35.5. The van der Waals surface area contributed by atoms with E-state index in [1.807, 2.05) is 13.0 Å². The van der Waals surface area contributed by atoms with Crippen molar-refractivity contribution < 1.29 is 9.53 Å². The van der Waals surface area contributed by atoms with Crippen molar-refractivity contribution >= 4 is 18.3 Å². The Morgan fingerprint density at radius 2 is 2.22 bits per heavy atom. The van der Waals surface area contributed by atoms with Gasteiger partial charge in [-0.1, -0.05) is 26.0 Å². The van der Waals surface area contributed by atoms with Crippen molar-refractivity contribution in [1.29, 1.82) is 0 Å². The minimum absolute atomic E-state index is 0. The van der Waals surface area contributed by atoms with Crippen LogP contribution in [-0.2, 0) is 4.79 Å². The lowest BCUT2D eigenvalue weighted by Crippen LogP contribution is -2.39. The lowest BCUT2D eigenvalue weighted by molar-refractivity contribution is -0.123. The van der Waals surface area contributed by atoms with Crippen molar-refractivity contribution in [2.24, 2.45) is 5.92 Å². The lowest BCUT2D eigenvalue weighted by atomic mass is 10.00. The summed E-state index contributed by atoms with van der Waals surface area (Å²) in [6.07, 6.45) is 2.38. The van der Waals surface area contributed by atoms with Crippen molar-refractivity contribution in [1.82, 2.24) is 10.6 Å². The molecule has 1 aliphatic rings. The van der Waals surface area contributed by atoms with Gasteiger partial charge in [0.1, 0.15) is 5.75 Å². The van der Waals surface area contributed by atoms with Crippen LogP contribution in [0, 0.1) is 12.8 Å². The SMILES string of the molecule is Cc1ccc(C(C)C)c(OCC(=O)NCC2CCCNC2)c1.Cl. The van der Waals surface area contributed by atoms with Crippen LogP contribution < -0.4 is 15.4 Å². The normalized spacial score (nSPS) is 17.5. The summed E-state index contributed by atoms with van der Waals surface area (Å²) < 4.78 is 5.75. The Morgan fingerprint density at radius 3 is 2.87 bits per heavy atom. The van der Waals surface area contributed by atoms with E-state index in [9.17, 15) is 4.79 Å². The lowest BCUT2D eigenvalue weighted by Gasteiger charge is -2.23. The maximum atomic E-state index is 12.0. The Morgan fingerprint density at radius 1 is 1.43 bits per heavy atom. The molecule has 130 valence electrons. The average molecular weight is 341 g/mol. The van der Waals surface area contributed by atoms with Gasteiger partial charge in [-0.15, -0.1) is 12.4 Å². The quantitative estimate of drug-likeness (QED) is 0.837. The van der Waals surface area contributed by atoms with Gasteiger partial charge in [0.05, 0.1) is 0 Å². The molecule has 0 aliphatic carbocycles. The van der Waals surface area contributed by atoms with Crippen LogP contribution in [0.3, 0.4) is 0 Å². The first-order chi connectivity index (χ1) is 10.6. The molecule has 1 saturated heterocycles. The molecule has 2 N–H and O–H groups in total. The van der Waals surface area contributed by atoms with Crippen molar-refractivity contribution in [3.63, 3.8) is 0 Å². The van der Waals surface area contributed by atoms with Gasteiger partial charge in [0.25, 0.3) is 5.91 Å². The molecular formula is C18H29ClN2O2. The summed E-state index contributed by atoms with van der Waals surface area (Å²) in [6.45, 7) is 9.22. The van der Waals surface area contributed by atoms with Crippen LogP contribution in [0.5, 0.6) is 5.75 Å². The highest BCUT2D eigenvalue weighted by Gasteiger charge is 2.14. The van der Waals surface area contributed by atoms with Crippen LogP contribution >= 0.6 is 12.4 Å². The number of ether oxygens (including phenoxy) is 1. The molecule has 1 unspecified atom stereocenters. The molecule has 1 amide bonds. The summed E-state index contributed by atoms with van der Waals surface area (Å²) in [4.78, 5) is 12.0. The number of carbonyl (C=O) groups excluding carboxylic acids is 1. The zero-order valence-electron chi connectivity index (χ0n) is 14.4. The number of aryl methyl sites for hydroxylation is 1. The number of rotatable bonds is 6. The van der Waals surface area contributed by atoms with Gasteiger partial charge in [0.2, 0.25) is 0 Å². The number of carbonyl (C=O) groups is 1. The Labute approximate surface area is 145 Å². The summed E-state index contributed by atoms with van der Waals surface area (Å²) in [6, 6.07) is 6.17. The highest BCUT2D eigenvalue weighted by Crippen LogP contribution is 2.27. The number of hydrogen-bond donors (Lipinski definition) is 2. The second-order valence-corrected chi connectivity index (χ2v) is 6.50. The largest absolute Gasteiger partial charge is 0.483 e. The Balaban J connectivity index is 0.00000264. The fourth-order valence-electron chi connectivity index (χ4n) is 2.79. The molecule has 1 heterocycles. The maximum Gasteiger partial charge on any atom is 0.257 e. The molecular weight excluding hydrogens is 312 g/mol. The van der Waals surface area contributed by atoms with Crippen LogP contribution in [-0.4, -0.2) is 32.1 Å². The molecule has 0 radical (unpaired) electrons. The Kier molecular flexibility index (Phi) is 8.42. The first-order valence-electron chi connectivity index (χ1n) is 8.27. The van der Waals surface area contributed by atoms with Crippen LogP contribution in [0.15, 0.2) is 18.2 Å². The molecule has 0 aromatic heterocycles. The van der Waals surface area contributed by atoms with Gasteiger partial charge in [0.15, 0.2) is 6.61 Å². The minimum atomic E-state index is -0.0400. The fourth-order valence-corrected chi connectivity index (χ4v) is 2.79. The van der Waals surface area contributed by atoms with E-state index in [2.05, 4.69) is 36.6 Å². The van der Waals surface area contributed by atoms with E-state index < -0.39 is 0 Å². The van der Waals surface area contributed by atoms with E-state index in [4.69, 9.17) is 4.74 Å².